The average Bonchev–Trinajstić information content (AvgIpc) is 1.60. The molecule has 11 heteroatoms. The molecule has 0 saturated carbocycles. The van der Waals surface area contributed by atoms with Gasteiger partial charge in [0.1, 0.15) is 24.4 Å². The van der Waals surface area contributed by atoms with E-state index in [1.165, 1.54) is 289 Å². The van der Waals surface area contributed by atoms with Gasteiger partial charge in [-0.25, -0.2) is 0 Å². The fourth-order valence-electron chi connectivity index (χ4n) is 12.1. The number of carbonyl (C=O) groups is 2. The van der Waals surface area contributed by atoms with E-state index in [0.29, 0.717) is 19.4 Å². The third-order valence-electron chi connectivity index (χ3n) is 18.2. The Morgan fingerprint density at radius 3 is 1.19 bits per heavy atom. The van der Waals surface area contributed by atoms with Crippen LogP contribution in [0.4, 0.5) is 0 Å². The van der Waals surface area contributed by atoms with E-state index in [0.717, 1.165) is 57.8 Å². The van der Waals surface area contributed by atoms with E-state index in [4.69, 9.17) is 14.2 Å². The molecular weight excluding hydrogens is 1110 g/mol. The van der Waals surface area contributed by atoms with Crippen LogP contribution >= 0.6 is 0 Å². The number of aliphatic hydroxyl groups excluding tert-OH is 5. The zero-order chi connectivity index (χ0) is 64.4. The van der Waals surface area contributed by atoms with Crippen molar-refractivity contribution in [3.05, 3.63) is 48.6 Å². The van der Waals surface area contributed by atoms with E-state index in [-0.39, 0.29) is 18.5 Å². The van der Waals surface area contributed by atoms with E-state index in [1.807, 2.05) is 6.08 Å². The van der Waals surface area contributed by atoms with Crippen molar-refractivity contribution < 1.29 is 49.3 Å². The van der Waals surface area contributed by atoms with Crippen molar-refractivity contribution in [2.45, 2.75) is 416 Å². The number of aliphatic hydroxyl groups is 5. The molecule has 7 atom stereocenters. The zero-order valence-electron chi connectivity index (χ0n) is 58.2. The lowest BCUT2D eigenvalue weighted by molar-refractivity contribution is -0.302. The highest BCUT2D eigenvalue weighted by Crippen LogP contribution is 2.24. The molecule has 0 aliphatic carbocycles. The summed E-state index contributed by atoms with van der Waals surface area (Å²) >= 11 is 0. The van der Waals surface area contributed by atoms with Gasteiger partial charge in [-0.15, -0.1) is 0 Å². The fourth-order valence-corrected chi connectivity index (χ4v) is 12.1. The Hall–Kier alpha value is -2.38. The molecule has 1 aliphatic rings. The highest BCUT2D eigenvalue weighted by molar-refractivity contribution is 5.76. The molecule has 1 fully saturated rings. The lowest BCUT2D eigenvalue weighted by Gasteiger charge is -2.40. The summed E-state index contributed by atoms with van der Waals surface area (Å²) in [6.45, 7) is 4.33. The summed E-state index contributed by atoms with van der Waals surface area (Å²) in [6, 6.07) is -0.825. The predicted octanol–water partition coefficient (Wildman–Crippen LogP) is 20.3. The summed E-state index contributed by atoms with van der Waals surface area (Å²) in [6.07, 6.45) is 78.6. The average molecular weight is 1260 g/mol. The van der Waals surface area contributed by atoms with Gasteiger partial charge in [-0.1, -0.05) is 332 Å². The van der Waals surface area contributed by atoms with Crippen molar-refractivity contribution in [2.75, 3.05) is 19.8 Å². The van der Waals surface area contributed by atoms with E-state index in [1.54, 1.807) is 6.08 Å². The summed E-state index contributed by atoms with van der Waals surface area (Å²) in [4.78, 5) is 25.1. The van der Waals surface area contributed by atoms with Crippen LogP contribution in [0.15, 0.2) is 48.6 Å². The van der Waals surface area contributed by atoms with Crippen LogP contribution in [0.25, 0.3) is 0 Å². The Bertz CT molecular complexity index is 1620. The number of allylic oxidation sites excluding steroid dienone is 7. The molecule has 1 rings (SSSR count). The lowest BCUT2D eigenvalue weighted by atomic mass is 9.99. The molecule has 522 valence electrons. The summed E-state index contributed by atoms with van der Waals surface area (Å²) in [5, 5.41) is 54.3. The van der Waals surface area contributed by atoms with Gasteiger partial charge >= 0.3 is 5.97 Å². The highest BCUT2D eigenvalue weighted by Gasteiger charge is 2.44. The minimum atomic E-state index is -1.58. The molecule has 1 amide bonds. The topological polar surface area (TPSA) is 175 Å². The Balaban J connectivity index is 1.89. The third kappa shape index (κ3) is 55.8. The van der Waals surface area contributed by atoms with E-state index in [9.17, 15) is 35.1 Å². The number of esters is 1. The first kappa shape index (κ1) is 84.6. The van der Waals surface area contributed by atoms with Crippen molar-refractivity contribution in [1.82, 2.24) is 5.32 Å². The highest BCUT2D eigenvalue weighted by atomic mass is 16.7. The van der Waals surface area contributed by atoms with Gasteiger partial charge in [0, 0.05) is 12.8 Å². The summed E-state index contributed by atoms with van der Waals surface area (Å²) < 4.78 is 16.7. The number of rotatable bonds is 68. The third-order valence-corrected chi connectivity index (χ3v) is 18.2. The summed E-state index contributed by atoms with van der Waals surface area (Å²) in [5.74, 6) is -0.176. The van der Waals surface area contributed by atoms with Gasteiger partial charge in [-0.05, 0) is 77.0 Å². The normalized spacial score (nSPS) is 17.9. The molecule has 11 nitrogen and oxygen atoms in total. The van der Waals surface area contributed by atoms with Gasteiger partial charge in [-0.3, -0.25) is 9.59 Å². The van der Waals surface area contributed by atoms with E-state index >= 15 is 0 Å². The fraction of sp³-hybridized carbons (Fsp3) is 0.872. The molecular formula is C78H145NO10. The second-order valence-corrected chi connectivity index (χ2v) is 26.7. The first-order valence-electron chi connectivity index (χ1n) is 38.4. The van der Waals surface area contributed by atoms with Crippen molar-refractivity contribution in [1.29, 1.82) is 0 Å². The van der Waals surface area contributed by atoms with Crippen LogP contribution in [-0.4, -0.2) is 100 Å². The molecule has 1 aliphatic heterocycles. The van der Waals surface area contributed by atoms with Gasteiger partial charge in [0.25, 0.3) is 0 Å². The number of amides is 1. The van der Waals surface area contributed by atoms with E-state index in [2.05, 4.69) is 55.6 Å². The molecule has 1 saturated heterocycles. The second-order valence-electron chi connectivity index (χ2n) is 26.7. The number of unbranched alkanes of at least 4 members (excludes halogenated alkanes) is 48. The van der Waals surface area contributed by atoms with Crippen molar-refractivity contribution in [3.63, 3.8) is 0 Å². The van der Waals surface area contributed by atoms with Crippen LogP contribution in [0, 0.1) is 0 Å². The van der Waals surface area contributed by atoms with Gasteiger partial charge in [0.15, 0.2) is 6.29 Å². The van der Waals surface area contributed by atoms with Crippen molar-refractivity contribution in [3.8, 4) is 0 Å². The maximum absolute atomic E-state index is 13.0. The van der Waals surface area contributed by atoms with Gasteiger partial charge in [0.05, 0.1) is 32.0 Å². The Kier molecular flexibility index (Phi) is 63.8. The molecule has 0 spiro atoms. The number of ether oxygens (including phenoxy) is 3. The van der Waals surface area contributed by atoms with Crippen LogP contribution in [-0.2, 0) is 23.8 Å². The van der Waals surface area contributed by atoms with Crippen LogP contribution in [0.1, 0.15) is 373 Å². The standard InChI is InChI=1S/C78H145NO10/c1-3-5-7-9-11-13-15-16-17-40-43-46-50-54-58-62-66-74(83)87-67-63-59-55-51-47-44-41-38-36-34-32-30-28-26-24-22-20-18-19-21-23-25-27-29-31-33-35-37-39-42-45-49-53-57-61-65-73(82)79-70(69-88-78-77(86)76(85)75(84)72(68-80)89-78)71(81)64-60-56-52-48-14-12-10-8-6-4-2/h14,20,22,26,28,48,60,64,70-72,75-78,80-81,84-86H,3-13,15-19,21,23-25,27,29-47,49-59,61-63,65-69H2,1-2H3,(H,79,82)/b22-20-,28-26-,48-14+,64-60+. The molecule has 0 bridgehead atoms. The van der Waals surface area contributed by atoms with Crippen molar-refractivity contribution >= 4 is 11.9 Å². The maximum atomic E-state index is 13.0. The Morgan fingerprint density at radius 2 is 0.764 bits per heavy atom. The zero-order valence-corrected chi connectivity index (χ0v) is 58.2. The van der Waals surface area contributed by atoms with Crippen molar-refractivity contribution in [2.24, 2.45) is 0 Å². The minimum absolute atomic E-state index is 0.0137. The van der Waals surface area contributed by atoms with E-state index < -0.39 is 49.5 Å². The molecule has 89 heavy (non-hydrogen) atoms. The smallest absolute Gasteiger partial charge is 0.305 e. The van der Waals surface area contributed by atoms with Crippen LogP contribution in [0.3, 0.4) is 0 Å². The maximum Gasteiger partial charge on any atom is 0.305 e. The number of carbonyl (C=O) groups excluding carboxylic acids is 2. The quantitative estimate of drug-likeness (QED) is 0.0195. The Morgan fingerprint density at radius 1 is 0.416 bits per heavy atom. The van der Waals surface area contributed by atoms with Gasteiger partial charge in [0.2, 0.25) is 5.91 Å². The Labute approximate surface area is 548 Å². The van der Waals surface area contributed by atoms with Crippen LogP contribution in [0.2, 0.25) is 0 Å². The number of nitrogens with one attached hydrogen (secondary N) is 1. The first-order chi connectivity index (χ1) is 43.7. The number of hydrogen-bond acceptors (Lipinski definition) is 10. The summed E-state index contributed by atoms with van der Waals surface area (Å²) in [5.41, 5.74) is 0. The molecule has 0 radical (unpaired) electrons. The molecule has 1 heterocycles. The molecule has 0 aromatic carbocycles. The molecule has 0 aromatic rings. The molecule has 6 N–H and O–H groups in total. The monoisotopic (exact) mass is 1260 g/mol. The summed E-state index contributed by atoms with van der Waals surface area (Å²) in [7, 11) is 0. The van der Waals surface area contributed by atoms with Crippen LogP contribution in [0.5, 0.6) is 0 Å². The minimum Gasteiger partial charge on any atom is -0.466 e. The SMILES string of the molecule is CCCCCC/C=C/CC/C=C/C(O)C(COC1OC(CO)C(O)C(O)C1O)NC(=O)CCCCCCCCCCCCCCCCCCC/C=C\C/C=C\CCCCCCCCCCCCCOC(=O)CCCCCCCCCCCCCCCCCC. The lowest BCUT2D eigenvalue weighted by Crippen LogP contribution is -2.60. The number of hydrogen-bond donors (Lipinski definition) is 6. The molecule has 0 aromatic heterocycles. The largest absolute Gasteiger partial charge is 0.466 e. The van der Waals surface area contributed by atoms with Gasteiger partial charge < -0.3 is 45.1 Å². The predicted molar refractivity (Wildman–Crippen MR) is 375 cm³/mol. The van der Waals surface area contributed by atoms with Crippen LogP contribution < -0.4 is 5.32 Å². The second kappa shape index (κ2) is 67.1. The first-order valence-corrected chi connectivity index (χ1v) is 38.4. The molecule has 7 unspecified atom stereocenters. The van der Waals surface area contributed by atoms with Gasteiger partial charge in [-0.2, -0.15) is 0 Å².